The minimum atomic E-state index is -0.991. The minimum absolute atomic E-state index is 0.145. The molecule has 1 atom stereocenters. The number of hydrogen-bond acceptors (Lipinski definition) is 4. The van der Waals surface area contributed by atoms with Crippen molar-refractivity contribution < 1.29 is 14.6 Å². The maximum absolute atomic E-state index is 11.8. The number of benzene rings is 1. The summed E-state index contributed by atoms with van der Waals surface area (Å²) in [7, 11) is 1.76. The van der Waals surface area contributed by atoms with Gasteiger partial charge in [0.2, 0.25) is 0 Å². The number of hydrogen-bond donors (Lipinski definition) is 1. The number of aromatic nitrogens is 3. The van der Waals surface area contributed by atoms with Crippen LogP contribution in [0.5, 0.6) is 5.75 Å². The Morgan fingerprint density at radius 2 is 2.30 bits per heavy atom. The highest BCUT2D eigenvalue weighted by molar-refractivity contribution is 5.76. The molecule has 1 aromatic carbocycles. The molecule has 1 unspecified atom stereocenters. The number of fused-ring (bicyclic) bond motifs is 1. The molecule has 0 radical (unpaired) electrons. The molecule has 0 saturated carbocycles. The Bertz CT molecular complexity index is 653. The van der Waals surface area contributed by atoms with Crippen molar-refractivity contribution in [3.8, 4) is 5.75 Å². The molecule has 3 rings (SSSR count). The van der Waals surface area contributed by atoms with Gasteiger partial charge < -0.3 is 9.84 Å². The molecule has 1 aromatic heterocycles. The van der Waals surface area contributed by atoms with Crippen molar-refractivity contribution in [3.63, 3.8) is 0 Å². The smallest absolute Gasteiger partial charge is 0.313 e. The van der Waals surface area contributed by atoms with Gasteiger partial charge in [-0.3, -0.25) is 9.48 Å². The molecule has 1 N–H and O–H groups in total. The lowest BCUT2D eigenvalue weighted by Gasteiger charge is -2.34. The van der Waals surface area contributed by atoms with Gasteiger partial charge in [-0.25, -0.2) is 4.98 Å². The van der Waals surface area contributed by atoms with Crippen LogP contribution in [-0.2, 0) is 24.7 Å². The Hall–Kier alpha value is -2.37. The van der Waals surface area contributed by atoms with Crippen LogP contribution in [0.4, 0.5) is 0 Å². The van der Waals surface area contributed by atoms with E-state index in [4.69, 9.17) is 4.74 Å². The van der Waals surface area contributed by atoms with Crippen LogP contribution in [0.2, 0.25) is 0 Å². The van der Waals surface area contributed by atoms with Gasteiger partial charge in [-0.2, -0.15) is 5.10 Å². The second kappa shape index (κ2) is 4.63. The number of ether oxygens (including phenoxy) is 1. The first-order chi connectivity index (χ1) is 9.61. The van der Waals surface area contributed by atoms with Crippen LogP contribution < -0.4 is 4.74 Å². The first-order valence-corrected chi connectivity index (χ1v) is 6.38. The number of carboxylic acids is 1. The molecule has 104 valence electrons. The van der Waals surface area contributed by atoms with Gasteiger partial charge >= 0.3 is 5.97 Å². The molecule has 20 heavy (non-hydrogen) atoms. The van der Waals surface area contributed by atoms with Gasteiger partial charge in [-0.05, 0) is 18.1 Å². The van der Waals surface area contributed by atoms with Gasteiger partial charge in [0.25, 0.3) is 0 Å². The van der Waals surface area contributed by atoms with Gasteiger partial charge in [0.05, 0.1) is 0 Å². The summed E-state index contributed by atoms with van der Waals surface area (Å²) in [6, 6.07) is 7.55. The molecule has 1 aliphatic heterocycles. The SMILES string of the molecule is Cn1ncnc1CC1(C(=O)O)COc2ccccc2C1. The predicted molar refractivity (Wildman–Crippen MR) is 70.4 cm³/mol. The van der Waals surface area contributed by atoms with E-state index in [0.29, 0.717) is 18.7 Å². The van der Waals surface area contributed by atoms with Crippen molar-refractivity contribution in [2.75, 3.05) is 6.61 Å². The lowest BCUT2D eigenvalue weighted by atomic mass is 9.77. The van der Waals surface area contributed by atoms with E-state index in [0.717, 1.165) is 11.3 Å². The predicted octanol–water partition coefficient (Wildman–Crippen LogP) is 1.06. The van der Waals surface area contributed by atoms with E-state index in [-0.39, 0.29) is 6.61 Å². The molecule has 2 aromatic rings. The fourth-order valence-electron chi connectivity index (χ4n) is 2.53. The number of carboxylic acid groups (broad SMARTS) is 1. The summed E-state index contributed by atoms with van der Waals surface area (Å²) >= 11 is 0. The monoisotopic (exact) mass is 273 g/mol. The highest BCUT2D eigenvalue weighted by Gasteiger charge is 2.44. The third kappa shape index (κ3) is 2.03. The molecule has 6 heteroatoms. The van der Waals surface area contributed by atoms with Crippen LogP contribution in [0.1, 0.15) is 11.4 Å². The molecule has 1 aliphatic rings. The number of carbonyl (C=O) groups is 1. The van der Waals surface area contributed by atoms with E-state index < -0.39 is 11.4 Å². The van der Waals surface area contributed by atoms with E-state index in [1.165, 1.54) is 6.33 Å². The van der Waals surface area contributed by atoms with Crippen molar-refractivity contribution >= 4 is 5.97 Å². The zero-order chi connectivity index (χ0) is 14.2. The first-order valence-electron chi connectivity index (χ1n) is 6.38. The molecular formula is C14H15N3O3. The van der Waals surface area contributed by atoms with Gasteiger partial charge in [-0.1, -0.05) is 18.2 Å². The highest BCUT2D eigenvalue weighted by atomic mass is 16.5. The van der Waals surface area contributed by atoms with Crippen molar-refractivity contribution in [2.24, 2.45) is 12.5 Å². The van der Waals surface area contributed by atoms with Crippen LogP contribution in [0.3, 0.4) is 0 Å². The Morgan fingerprint density at radius 1 is 1.50 bits per heavy atom. The molecule has 0 bridgehead atoms. The Morgan fingerprint density at radius 3 is 3.00 bits per heavy atom. The number of nitrogens with zero attached hydrogens (tertiary/aromatic N) is 3. The normalized spacial score (nSPS) is 21.1. The molecule has 0 saturated heterocycles. The average molecular weight is 273 g/mol. The van der Waals surface area contributed by atoms with Crippen LogP contribution >= 0.6 is 0 Å². The zero-order valence-electron chi connectivity index (χ0n) is 11.1. The van der Waals surface area contributed by atoms with Crippen LogP contribution in [0.25, 0.3) is 0 Å². The lowest BCUT2D eigenvalue weighted by Crippen LogP contribution is -2.44. The second-order valence-electron chi connectivity index (χ2n) is 5.14. The number of rotatable bonds is 3. The van der Waals surface area contributed by atoms with Gasteiger partial charge in [0, 0.05) is 13.5 Å². The van der Waals surface area contributed by atoms with Crippen LogP contribution in [0, 0.1) is 5.41 Å². The van der Waals surface area contributed by atoms with Crippen molar-refractivity contribution in [1.29, 1.82) is 0 Å². The third-order valence-corrected chi connectivity index (χ3v) is 3.76. The molecule has 2 heterocycles. The summed E-state index contributed by atoms with van der Waals surface area (Å²) in [5.74, 6) is 0.549. The molecule has 0 amide bonds. The largest absolute Gasteiger partial charge is 0.492 e. The Labute approximate surface area is 116 Å². The van der Waals surface area contributed by atoms with Gasteiger partial charge in [0.1, 0.15) is 29.9 Å². The van der Waals surface area contributed by atoms with Crippen LogP contribution in [-0.4, -0.2) is 32.4 Å². The lowest BCUT2D eigenvalue weighted by molar-refractivity contribution is -0.151. The Balaban J connectivity index is 1.95. The van der Waals surface area contributed by atoms with E-state index in [2.05, 4.69) is 10.1 Å². The van der Waals surface area contributed by atoms with Crippen molar-refractivity contribution in [2.45, 2.75) is 12.8 Å². The summed E-state index contributed by atoms with van der Waals surface area (Å²) in [5, 5.41) is 13.7. The summed E-state index contributed by atoms with van der Waals surface area (Å²) in [6.07, 6.45) is 2.17. The zero-order valence-corrected chi connectivity index (χ0v) is 11.1. The first kappa shape index (κ1) is 12.7. The van der Waals surface area contributed by atoms with Crippen LogP contribution in [0.15, 0.2) is 30.6 Å². The summed E-state index contributed by atoms with van der Waals surface area (Å²) in [5.41, 5.74) is -0.0712. The molecule has 0 fully saturated rings. The maximum Gasteiger partial charge on any atom is 0.313 e. The van der Waals surface area contributed by atoms with E-state index >= 15 is 0 Å². The molecule has 0 spiro atoms. The van der Waals surface area contributed by atoms with E-state index in [1.807, 2.05) is 24.3 Å². The molecule has 6 nitrogen and oxygen atoms in total. The van der Waals surface area contributed by atoms with Gasteiger partial charge in [-0.15, -0.1) is 0 Å². The minimum Gasteiger partial charge on any atom is -0.492 e. The molecular weight excluding hydrogens is 258 g/mol. The number of aliphatic carboxylic acids is 1. The van der Waals surface area contributed by atoms with E-state index in [9.17, 15) is 9.90 Å². The average Bonchev–Trinajstić information content (AvgIpc) is 2.84. The number of aryl methyl sites for hydroxylation is 1. The summed E-state index contributed by atoms with van der Waals surface area (Å²) < 4.78 is 7.25. The van der Waals surface area contributed by atoms with Crippen molar-refractivity contribution in [3.05, 3.63) is 42.0 Å². The van der Waals surface area contributed by atoms with Crippen molar-refractivity contribution in [1.82, 2.24) is 14.8 Å². The highest BCUT2D eigenvalue weighted by Crippen LogP contribution is 2.36. The topological polar surface area (TPSA) is 77.2 Å². The second-order valence-corrected chi connectivity index (χ2v) is 5.14. The van der Waals surface area contributed by atoms with E-state index in [1.54, 1.807) is 11.7 Å². The number of para-hydroxylation sites is 1. The maximum atomic E-state index is 11.8. The fraction of sp³-hybridized carbons (Fsp3) is 0.357. The third-order valence-electron chi connectivity index (χ3n) is 3.76. The summed E-state index contributed by atoms with van der Waals surface area (Å²) in [4.78, 5) is 15.9. The van der Waals surface area contributed by atoms with Gasteiger partial charge in [0.15, 0.2) is 0 Å². The summed E-state index contributed by atoms with van der Waals surface area (Å²) in [6.45, 7) is 0.145. The molecule has 0 aliphatic carbocycles. The fourth-order valence-corrected chi connectivity index (χ4v) is 2.53. The quantitative estimate of drug-likeness (QED) is 0.905. The Kier molecular flexibility index (Phi) is 2.93. The standard InChI is InChI=1S/C14H15N3O3/c1-17-12(15-9-16-17)7-14(13(18)19)6-10-4-2-3-5-11(10)20-8-14/h2-5,9H,6-8H2,1H3,(H,18,19).